The highest BCUT2D eigenvalue weighted by molar-refractivity contribution is 8.00. The van der Waals surface area contributed by atoms with Crippen molar-refractivity contribution in [3.05, 3.63) is 33.0 Å². The number of carbonyl (C=O) groups is 1. The summed E-state index contributed by atoms with van der Waals surface area (Å²) in [6, 6.07) is 0. The second-order valence-corrected chi connectivity index (χ2v) is 6.61. The first-order chi connectivity index (χ1) is 10.2. The fourth-order valence-electron chi connectivity index (χ4n) is 1.96. The number of aromatic amines is 1. The van der Waals surface area contributed by atoms with Crippen molar-refractivity contribution >= 4 is 28.7 Å². The summed E-state index contributed by atoms with van der Waals surface area (Å²) in [6.45, 7) is 9.37. The molecule has 2 heterocycles. The first-order valence-electron chi connectivity index (χ1n) is 6.73. The van der Waals surface area contributed by atoms with Gasteiger partial charge in [0.15, 0.2) is 16.3 Å². The molecule has 0 bridgehead atoms. The minimum atomic E-state index is -0.520. The number of carbonyl (C=O) groups excluding carboxylic acids is 1. The molecule has 0 aliphatic carbocycles. The number of hydrogen-bond donors (Lipinski definition) is 1. The predicted octanol–water partition coefficient (Wildman–Crippen LogP) is 1.07. The first-order valence-corrected chi connectivity index (χ1v) is 7.61. The van der Waals surface area contributed by atoms with Gasteiger partial charge in [-0.1, -0.05) is 23.9 Å². The average Bonchev–Trinajstić information content (AvgIpc) is 2.74. The van der Waals surface area contributed by atoms with Crippen molar-refractivity contribution in [3.63, 3.8) is 0 Å². The molecular formula is C14H18N4O3S. The Kier molecular flexibility index (Phi) is 4.41. The monoisotopic (exact) mass is 322 g/mol. The van der Waals surface area contributed by atoms with Crippen LogP contribution in [0.3, 0.4) is 0 Å². The maximum absolute atomic E-state index is 12.2. The quantitative estimate of drug-likeness (QED) is 0.657. The molecule has 0 saturated heterocycles. The molecule has 118 valence electrons. The van der Waals surface area contributed by atoms with Gasteiger partial charge in [0.05, 0.1) is 5.25 Å². The van der Waals surface area contributed by atoms with Gasteiger partial charge in [0.1, 0.15) is 5.78 Å². The first kappa shape index (κ1) is 16.3. The molecule has 22 heavy (non-hydrogen) atoms. The summed E-state index contributed by atoms with van der Waals surface area (Å²) in [6.07, 6.45) is 0. The van der Waals surface area contributed by atoms with Crippen molar-refractivity contribution in [2.75, 3.05) is 0 Å². The van der Waals surface area contributed by atoms with Crippen LogP contribution in [0.15, 0.2) is 26.9 Å². The van der Waals surface area contributed by atoms with Gasteiger partial charge in [-0.3, -0.25) is 19.1 Å². The molecule has 1 N–H and O–H groups in total. The molecule has 0 fully saturated rings. The molecule has 0 spiro atoms. The number of Topliss-reactive ketones (excluding diaryl/α,β-unsaturated/α-hetero) is 1. The van der Waals surface area contributed by atoms with Gasteiger partial charge in [-0.15, -0.1) is 0 Å². The minimum Gasteiger partial charge on any atom is -0.309 e. The zero-order valence-electron chi connectivity index (χ0n) is 13.0. The van der Waals surface area contributed by atoms with Crippen LogP contribution in [0.5, 0.6) is 0 Å². The lowest BCUT2D eigenvalue weighted by Gasteiger charge is -2.10. The van der Waals surface area contributed by atoms with Crippen LogP contribution >= 0.6 is 11.8 Å². The smallest absolute Gasteiger partial charge is 0.309 e. The number of rotatable bonds is 5. The molecule has 0 aliphatic rings. The normalized spacial score (nSPS) is 12.5. The van der Waals surface area contributed by atoms with E-state index in [1.807, 2.05) is 6.92 Å². The van der Waals surface area contributed by atoms with Crippen molar-refractivity contribution in [1.82, 2.24) is 19.1 Å². The molecule has 8 heteroatoms. The van der Waals surface area contributed by atoms with Crippen molar-refractivity contribution in [2.45, 2.75) is 37.7 Å². The molecule has 2 aromatic heterocycles. The Morgan fingerprint density at radius 3 is 2.59 bits per heavy atom. The van der Waals surface area contributed by atoms with E-state index >= 15 is 0 Å². The lowest BCUT2D eigenvalue weighted by molar-refractivity contribution is -0.116. The van der Waals surface area contributed by atoms with Crippen LogP contribution in [-0.2, 0) is 18.4 Å². The predicted molar refractivity (Wildman–Crippen MR) is 86.4 cm³/mol. The van der Waals surface area contributed by atoms with Crippen molar-refractivity contribution in [3.8, 4) is 0 Å². The molecule has 0 saturated carbocycles. The van der Waals surface area contributed by atoms with Crippen LogP contribution in [0.1, 0.15) is 20.8 Å². The summed E-state index contributed by atoms with van der Waals surface area (Å²) >= 11 is 1.26. The van der Waals surface area contributed by atoms with Crippen LogP contribution in [0.4, 0.5) is 0 Å². The van der Waals surface area contributed by atoms with Gasteiger partial charge in [-0.25, -0.2) is 9.78 Å². The summed E-state index contributed by atoms with van der Waals surface area (Å²) in [4.78, 5) is 42.0. The number of ketones is 1. The number of nitrogens with zero attached hydrogens (tertiary/aromatic N) is 3. The summed E-state index contributed by atoms with van der Waals surface area (Å²) in [5.74, 6) is 0.0155. The largest absolute Gasteiger partial charge is 0.329 e. The summed E-state index contributed by atoms with van der Waals surface area (Å²) in [5, 5.41) is 0.226. The third-order valence-electron chi connectivity index (χ3n) is 3.25. The van der Waals surface area contributed by atoms with E-state index < -0.39 is 11.2 Å². The van der Waals surface area contributed by atoms with Gasteiger partial charge in [0, 0.05) is 13.6 Å². The van der Waals surface area contributed by atoms with E-state index in [0.717, 1.165) is 5.57 Å². The fourth-order valence-corrected chi connectivity index (χ4v) is 2.87. The van der Waals surface area contributed by atoms with Crippen LogP contribution in [0, 0.1) is 0 Å². The highest BCUT2D eigenvalue weighted by atomic mass is 32.2. The number of nitrogens with one attached hydrogen (secondary N) is 1. The Bertz CT molecular complexity index is 875. The van der Waals surface area contributed by atoms with Gasteiger partial charge >= 0.3 is 5.69 Å². The van der Waals surface area contributed by atoms with Crippen LogP contribution in [-0.4, -0.2) is 30.1 Å². The fraction of sp³-hybridized carbons (Fsp3) is 0.429. The van der Waals surface area contributed by atoms with Gasteiger partial charge in [-0.2, -0.15) is 0 Å². The number of allylic oxidation sites excluding steroid dienone is 1. The van der Waals surface area contributed by atoms with Gasteiger partial charge < -0.3 is 4.57 Å². The van der Waals surface area contributed by atoms with E-state index in [9.17, 15) is 14.4 Å². The number of hydrogen-bond acceptors (Lipinski definition) is 5. The maximum atomic E-state index is 12.2. The van der Waals surface area contributed by atoms with Crippen molar-refractivity contribution < 1.29 is 4.79 Å². The maximum Gasteiger partial charge on any atom is 0.329 e. The van der Waals surface area contributed by atoms with Crippen LogP contribution in [0.2, 0.25) is 0 Å². The molecule has 2 rings (SSSR count). The number of thioether (sulfide) groups is 1. The van der Waals surface area contributed by atoms with E-state index in [-0.39, 0.29) is 11.0 Å². The molecule has 0 amide bonds. The van der Waals surface area contributed by atoms with E-state index in [2.05, 4.69) is 16.5 Å². The second-order valence-electron chi connectivity index (χ2n) is 5.30. The average molecular weight is 322 g/mol. The Labute approximate surface area is 131 Å². The minimum absolute atomic E-state index is 0.0155. The highest BCUT2D eigenvalue weighted by Crippen LogP contribution is 2.26. The van der Waals surface area contributed by atoms with Gasteiger partial charge in [-0.05, 0) is 20.8 Å². The Hall–Kier alpha value is -2.09. The number of fused-ring (bicyclic) bond motifs is 1. The zero-order valence-corrected chi connectivity index (χ0v) is 13.8. The van der Waals surface area contributed by atoms with Crippen LogP contribution in [0.25, 0.3) is 11.2 Å². The Morgan fingerprint density at radius 2 is 2.05 bits per heavy atom. The Balaban J connectivity index is 2.74. The molecule has 1 atom stereocenters. The zero-order chi connectivity index (χ0) is 16.6. The number of aryl methyl sites for hydroxylation is 1. The third-order valence-corrected chi connectivity index (χ3v) is 4.46. The van der Waals surface area contributed by atoms with Gasteiger partial charge in [0.2, 0.25) is 0 Å². The SMILES string of the molecule is C=C(C)Cn1c(S[C@@H](C)C(C)=O)nc2c1c(=O)[nH]c(=O)n2C. The second kappa shape index (κ2) is 5.96. The lowest BCUT2D eigenvalue weighted by atomic mass is 10.3. The third kappa shape index (κ3) is 2.92. The van der Waals surface area contributed by atoms with E-state index in [1.54, 1.807) is 18.5 Å². The van der Waals surface area contributed by atoms with E-state index in [1.165, 1.54) is 23.3 Å². The molecule has 7 nitrogen and oxygen atoms in total. The molecule has 2 aromatic rings. The number of imidazole rings is 1. The topological polar surface area (TPSA) is 89.8 Å². The Morgan fingerprint density at radius 1 is 1.41 bits per heavy atom. The van der Waals surface area contributed by atoms with Crippen LogP contribution < -0.4 is 11.2 Å². The van der Waals surface area contributed by atoms with E-state index in [4.69, 9.17) is 0 Å². The number of H-pyrrole nitrogens is 1. The summed E-state index contributed by atoms with van der Waals surface area (Å²) in [7, 11) is 1.54. The lowest BCUT2D eigenvalue weighted by Crippen LogP contribution is -2.29. The van der Waals surface area contributed by atoms with Crippen molar-refractivity contribution in [2.24, 2.45) is 7.05 Å². The van der Waals surface area contributed by atoms with Crippen molar-refractivity contribution in [1.29, 1.82) is 0 Å². The standard InChI is InChI=1S/C14H18N4O3S/c1-7(2)6-18-10-11(17(5)13(21)16-12(10)20)15-14(18)22-9(4)8(3)19/h9H,1,6H2,2-5H3,(H,16,20,21)/t9-/m0/s1. The van der Waals surface area contributed by atoms with Gasteiger partial charge in [0.25, 0.3) is 5.56 Å². The molecule has 0 aromatic carbocycles. The molecule has 0 radical (unpaired) electrons. The molecular weight excluding hydrogens is 304 g/mol. The molecule has 0 unspecified atom stereocenters. The summed E-state index contributed by atoms with van der Waals surface area (Å²) < 4.78 is 2.98. The summed E-state index contributed by atoms with van der Waals surface area (Å²) in [5.41, 5.74) is 0.435. The van der Waals surface area contributed by atoms with E-state index in [0.29, 0.717) is 22.9 Å². The highest BCUT2D eigenvalue weighted by Gasteiger charge is 2.20. The molecule has 0 aliphatic heterocycles. The number of aromatic nitrogens is 4.